The number of rotatable bonds is 4. The van der Waals surface area contributed by atoms with Crippen molar-refractivity contribution in [1.29, 1.82) is 0 Å². The molecule has 47 heavy (non-hydrogen) atoms. The summed E-state index contributed by atoms with van der Waals surface area (Å²) in [6, 6.07) is 0. The molecule has 1 aliphatic heterocycles. The number of carbonyl (C=O) groups is 4. The predicted molar refractivity (Wildman–Crippen MR) is 178 cm³/mol. The molecule has 1 saturated carbocycles. The van der Waals surface area contributed by atoms with Crippen LogP contribution < -0.4 is 0 Å². The Bertz CT molecular complexity index is 1240. The van der Waals surface area contributed by atoms with Crippen LogP contribution in [0.3, 0.4) is 0 Å². The number of aliphatic carboxylic acids is 2. The van der Waals surface area contributed by atoms with E-state index in [2.05, 4.69) is 18.0 Å². The number of aliphatic hydroxyl groups is 2. The van der Waals surface area contributed by atoms with E-state index in [0.717, 1.165) is 35.5 Å². The number of esters is 1. The van der Waals surface area contributed by atoms with Gasteiger partial charge in [0.05, 0.1) is 34.7 Å². The molecule has 0 bridgehead atoms. The number of carboxylic acid groups (broad SMARTS) is 2. The summed E-state index contributed by atoms with van der Waals surface area (Å²) in [6.45, 7) is 12.8. The molecule has 5 atom stereocenters. The predicted octanol–water partition coefficient (Wildman–Crippen LogP) is 7.02. The Morgan fingerprint density at radius 3 is 2.06 bits per heavy atom. The van der Waals surface area contributed by atoms with Gasteiger partial charge in [-0.25, -0.2) is 4.98 Å². The first kappa shape index (κ1) is 46.8. The van der Waals surface area contributed by atoms with Gasteiger partial charge in [0.25, 0.3) is 0 Å². The van der Waals surface area contributed by atoms with Gasteiger partial charge in [-0.3, -0.25) is 19.2 Å². The van der Waals surface area contributed by atoms with E-state index in [-0.39, 0.29) is 64.3 Å². The Balaban J connectivity index is 0. The topological polar surface area (TPSA) is 238 Å². The number of ether oxygens (including phenoxy) is 1. The first-order valence-electron chi connectivity index (χ1n) is 15.2. The summed E-state index contributed by atoms with van der Waals surface area (Å²) in [4.78, 5) is 51.2. The van der Waals surface area contributed by atoms with Gasteiger partial charge >= 0.3 is 39.0 Å². The Hall–Kier alpha value is -2.28. The number of hydrogen-bond donors (Lipinski definition) is 4. The van der Waals surface area contributed by atoms with Gasteiger partial charge < -0.3 is 37.5 Å². The van der Waals surface area contributed by atoms with Crippen molar-refractivity contribution in [3.05, 3.63) is 45.6 Å². The molecule has 0 unspecified atom stereocenters. The molecule has 8 N–H and O–H groups in total. The van der Waals surface area contributed by atoms with Crippen LogP contribution in [0.15, 0.2) is 22.6 Å². The molecule has 14 heteroatoms. The zero-order valence-corrected chi connectivity index (χ0v) is 31.5. The summed E-state index contributed by atoms with van der Waals surface area (Å²) >= 11 is 1.56. The average molecular weight is 863 g/mol. The van der Waals surface area contributed by atoms with Gasteiger partial charge in [-0.05, 0) is 76.9 Å². The van der Waals surface area contributed by atoms with Gasteiger partial charge in [-0.1, -0.05) is 39.3 Å². The Labute approximate surface area is 296 Å². The van der Waals surface area contributed by atoms with Crippen molar-refractivity contribution in [1.82, 2.24) is 4.98 Å². The van der Waals surface area contributed by atoms with Crippen LogP contribution in [0.1, 0.15) is 104 Å². The van der Waals surface area contributed by atoms with Gasteiger partial charge in [0.2, 0.25) is 0 Å². The number of Topliss-reactive ketones (excluding diaryl/α,β-unsaturated/α-hetero) is 1. The first-order valence-corrected chi connectivity index (χ1v) is 16.1. The summed E-state index contributed by atoms with van der Waals surface area (Å²) in [5.41, 5.74) is 0.263. The third kappa shape index (κ3) is 12.6. The Morgan fingerprint density at radius 1 is 1.04 bits per heavy atom. The van der Waals surface area contributed by atoms with Crippen molar-refractivity contribution in [3.63, 3.8) is 0 Å². The quantitative estimate of drug-likeness (QED) is 0.137. The SMILES string of the molecule is C/C1=C/C[C@@H](/C(C)=C/c2csc(C)n2)OC(=O)C[C@H](O)C(C)(C)C(=O)[C@H](C)[C@@H](O)[C@@H](C)CCC1.O=C(O)C1(C(=O)O)CCC1.[NH2-].[NH2-].[Pt+2]. The van der Waals surface area contributed by atoms with E-state index in [1.165, 1.54) is 5.57 Å². The third-order valence-electron chi connectivity index (χ3n) is 9.07. The molecule has 1 aromatic heterocycles. The molecule has 1 aromatic rings. The van der Waals surface area contributed by atoms with Crippen molar-refractivity contribution in [2.24, 2.45) is 22.7 Å². The van der Waals surface area contributed by atoms with E-state index in [0.29, 0.717) is 12.8 Å². The van der Waals surface area contributed by atoms with Crippen LogP contribution in [0.2, 0.25) is 0 Å². The second kappa shape index (κ2) is 20.3. The number of carboxylic acids is 2. The number of aryl methyl sites for hydroxylation is 1. The van der Waals surface area contributed by atoms with Crippen LogP contribution in [0.25, 0.3) is 18.4 Å². The van der Waals surface area contributed by atoms with Crippen molar-refractivity contribution in [2.75, 3.05) is 0 Å². The molecular formula is C33H53N3O9PtS. The molecule has 2 heterocycles. The molecule has 12 nitrogen and oxygen atoms in total. The van der Waals surface area contributed by atoms with E-state index in [9.17, 15) is 29.4 Å². The molecule has 3 rings (SSSR count). The Kier molecular flexibility index (Phi) is 20.2. The maximum absolute atomic E-state index is 13.2. The maximum Gasteiger partial charge on any atom is 2.00 e. The summed E-state index contributed by atoms with van der Waals surface area (Å²) in [5.74, 6) is -3.89. The number of ketones is 1. The standard InChI is InChI=1S/C27H41NO5S.C6H8O4.2H2N.Pt/c1-16-9-8-10-17(2)25(31)19(4)26(32)27(6,7)23(29)14-24(30)33-22(12-11-16)18(3)13-21-15-34-20(5)28-21;7-4(8)6(5(9)10)2-1-3-6;;;/h11,13,15,17,19,22-23,25,29,31H,8-10,12,14H2,1-7H3;1-3H2,(H,7,8)(H,9,10);2*1H2;/q;;2*-1;+2/b16-11-,18-13+;;;;/t17-,19+,22-,23-,25-;;;;/m0..../s1. The molecular weight excluding hydrogens is 810 g/mol. The van der Waals surface area contributed by atoms with E-state index >= 15 is 0 Å². The maximum atomic E-state index is 13.2. The fourth-order valence-electron chi connectivity index (χ4n) is 5.45. The van der Waals surface area contributed by atoms with Gasteiger partial charge in [-0.15, -0.1) is 11.3 Å². The van der Waals surface area contributed by atoms with Crippen molar-refractivity contribution in [3.8, 4) is 0 Å². The molecule has 2 aliphatic rings. The van der Waals surface area contributed by atoms with E-state index in [1.54, 1.807) is 32.1 Å². The van der Waals surface area contributed by atoms with Gasteiger partial charge in [0.1, 0.15) is 11.9 Å². The summed E-state index contributed by atoms with van der Waals surface area (Å²) in [6.07, 6.45) is 5.59. The minimum atomic E-state index is -1.44. The van der Waals surface area contributed by atoms with Crippen molar-refractivity contribution in [2.45, 2.75) is 118 Å². The first-order chi connectivity index (χ1) is 20.4. The number of aliphatic hydroxyl groups excluding tert-OH is 2. The monoisotopic (exact) mass is 862 g/mol. The number of thiazole rings is 1. The van der Waals surface area contributed by atoms with E-state index < -0.39 is 53.0 Å². The number of aromatic nitrogens is 1. The van der Waals surface area contributed by atoms with E-state index in [4.69, 9.17) is 14.9 Å². The van der Waals surface area contributed by atoms with Crippen molar-refractivity contribution < 1.29 is 65.4 Å². The zero-order chi connectivity index (χ0) is 33.4. The molecule has 1 fully saturated rings. The largest absolute Gasteiger partial charge is 2.00 e. The average Bonchev–Trinajstić information content (AvgIpc) is 3.32. The fraction of sp³-hybridized carbons (Fsp3) is 0.667. The Morgan fingerprint density at radius 2 is 1.62 bits per heavy atom. The molecule has 270 valence electrons. The van der Waals surface area contributed by atoms with Gasteiger partial charge in [0, 0.05) is 17.7 Å². The number of carbonyl (C=O) groups excluding carboxylic acids is 2. The smallest absolute Gasteiger partial charge is 0.693 e. The number of cyclic esters (lactones) is 1. The zero-order valence-electron chi connectivity index (χ0n) is 28.4. The van der Waals surface area contributed by atoms with Crippen LogP contribution in [0, 0.1) is 29.6 Å². The molecule has 1 aliphatic carbocycles. The number of hydrogen-bond acceptors (Lipinski definition) is 9. The molecule has 0 radical (unpaired) electrons. The summed E-state index contributed by atoms with van der Waals surface area (Å²) in [5, 5.41) is 41.5. The third-order valence-corrected chi connectivity index (χ3v) is 9.86. The van der Waals surface area contributed by atoms with Crippen LogP contribution >= 0.6 is 11.3 Å². The molecule has 0 saturated heterocycles. The van der Waals surface area contributed by atoms with Crippen LogP contribution in [0.5, 0.6) is 0 Å². The van der Waals surface area contributed by atoms with Crippen molar-refractivity contribution >= 4 is 41.1 Å². The summed E-state index contributed by atoms with van der Waals surface area (Å²) < 4.78 is 5.81. The van der Waals surface area contributed by atoms with Gasteiger partial charge in [0.15, 0.2) is 5.41 Å². The number of nitrogens with zero attached hydrogens (tertiary/aromatic N) is 1. The normalized spacial score (nSPS) is 27.7. The molecule has 0 aromatic carbocycles. The minimum Gasteiger partial charge on any atom is -0.693 e. The van der Waals surface area contributed by atoms with Gasteiger partial charge in [-0.2, -0.15) is 0 Å². The van der Waals surface area contributed by atoms with Crippen LogP contribution in [-0.2, 0) is 45.0 Å². The molecule has 0 amide bonds. The van der Waals surface area contributed by atoms with E-state index in [1.807, 2.05) is 32.2 Å². The second-order valence-corrected chi connectivity index (χ2v) is 14.0. The summed E-state index contributed by atoms with van der Waals surface area (Å²) in [7, 11) is 0. The fourth-order valence-corrected chi connectivity index (χ4v) is 6.02. The van der Waals surface area contributed by atoms with Crippen LogP contribution in [0.4, 0.5) is 0 Å². The number of nitrogens with two attached hydrogens (primary N) is 2. The second-order valence-electron chi connectivity index (χ2n) is 12.9. The molecule has 0 spiro atoms. The van der Waals surface area contributed by atoms with Crippen LogP contribution in [-0.4, -0.2) is 67.4 Å². The minimum absolute atomic E-state index is 0. The number of allylic oxidation sites excluding steroid dienone is 1.